The SMILES string of the molecule is Cc1c(C=O)cc(C(C)C)c2c1C(C)(C)C(C)O2. The standard InChI is InChI=1S/C16H22O2/c1-9(2)13-7-12(8-17)10(3)14-15(13)18-11(4)16(14,5)6/h7-9,11H,1-6H3. The van der Waals surface area contributed by atoms with Crippen molar-refractivity contribution in [3.8, 4) is 5.75 Å². The zero-order valence-corrected chi connectivity index (χ0v) is 12.1. The number of rotatable bonds is 2. The van der Waals surface area contributed by atoms with Gasteiger partial charge in [-0.3, -0.25) is 4.79 Å². The predicted molar refractivity (Wildman–Crippen MR) is 73.8 cm³/mol. The largest absolute Gasteiger partial charge is 0.489 e. The van der Waals surface area contributed by atoms with E-state index in [0.717, 1.165) is 28.7 Å². The van der Waals surface area contributed by atoms with Gasteiger partial charge in [0.05, 0.1) is 0 Å². The zero-order chi connectivity index (χ0) is 13.7. The fraction of sp³-hybridized carbons (Fsp3) is 0.562. The van der Waals surface area contributed by atoms with Gasteiger partial charge in [0.25, 0.3) is 0 Å². The monoisotopic (exact) mass is 246 g/mol. The molecule has 0 bridgehead atoms. The number of benzene rings is 1. The number of ether oxygens (including phenoxy) is 1. The number of fused-ring (bicyclic) bond motifs is 1. The van der Waals surface area contributed by atoms with Crippen LogP contribution in [-0.2, 0) is 5.41 Å². The molecule has 2 heteroatoms. The summed E-state index contributed by atoms with van der Waals surface area (Å²) < 4.78 is 6.08. The Morgan fingerprint density at radius 1 is 1.39 bits per heavy atom. The molecule has 0 spiro atoms. The average Bonchev–Trinajstić information content (AvgIpc) is 2.51. The molecule has 1 atom stereocenters. The minimum absolute atomic E-state index is 0.0396. The summed E-state index contributed by atoms with van der Waals surface area (Å²) in [6.45, 7) is 12.8. The van der Waals surface area contributed by atoms with E-state index in [1.165, 1.54) is 5.56 Å². The summed E-state index contributed by atoms with van der Waals surface area (Å²) in [7, 11) is 0. The fourth-order valence-electron chi connectivity index (χ4n) is 2.78. The molecular weight excluding hydrogens is 224 g/mol. The summed E-state index contributed by atoms with van der Waals surface area (Å²) >= 11 is 0. The van der Waals surface area contributed by atoms with Crippen LogP contribution in [0.2, 0.25) is 0 Å². The molecule has 0 aliphatic carbocycles. The zero-order valence-electron chi connectivity index (χ0n) is 12.1. The number of carbonyl (C=O) groups excluding carboxylic acids is 1. The molecule has 0 saturated carbocycles. The Kier molecular flexibility index (Phi) is 3.00. The van der Waals surface area contributed by atoms with E-state index >= 15 is 0 Å². The molecule has 2 rings (SSSR count). The molecule has 1 aliphatic rings. The molecule has 0 fully saturated rings. The Morgan fingerprint density at radius 2 is 2.00 bits per heavy atom. The van der Waals surface area contributed by atoms with E-state index in [0.29, 0.717) is 5.92 Å². The lowest BCUT2D eigenvalue weighted by Crippen LogP contribution is -2.29. The number of hydrogen-bond donors (Lipinski definition) is 0. The third kappa shape index (κ3) is 1.66. The van der Waals surface area contributed by atoms with Crippen LogP contribution in [0.15, 0.2) is 6.07 Å². The van der Waals surface area contributed by atoms with Crippen LogP contribution in [0.4, 0.5) is 0 Å². The molecular formula is C16H22O2. The minimum atomic E-state index is -0.0396. The van der Waals surface area contributed by atoms with Crippen molar-refractivity contribution in [2.75, 3.05) is 0 Å². The van der Waals surface area contributed by atoms with E-state index in [1.54, 1.807) is 0 Å². The van der Waals surface area contributed by atoms with Crippen LogP contribution in [-0.4, -0.2) is 12.4 Å². The normalized spacial score (nSPS) is 20.7. The van der Waals surface area contributed by atoms with E-state index in [4.69, 9.17) is 4.74 Å². The lowest BCUT2D eigenvalue weighted by atomic mass is 9.77. The van der Waals surface area contributed by atoms with E-state index < -0.39 is 0 Å². The van der Waals surface area contributed by atoms with Crippen molar-refractivity contribution in [2.24, 2.45) is 0 Å². The molecule has 1 unspecified atom stereocenters. The second-order valence-electron chi connectivity index (χ2n) is 6.14. The van der Waals surface area contributed by atoms with Gasteiger partial charge in [-0.15, -0.1) is 0 Å². The Hall–Kier alpha value is -1.31. The van der Waals surface area contributed by atoms with E-state index in [9.17, 15) is 4.79 Å². The van der Waals surface area contributed by atoms with Gasteiger partial charge in [-0.1, -0.05) is 27.7 Å². The molecule has 0 amide bonds. The molecule has 0 radical (unpaired) electrons. The van der Waals surface area contributed by atoms with Crippen molar-refractivity contribution in [3.63, 3.8) is 0 Å². The Balaban J connectivity index is 2.79. The van der Waals surface area contributed by atoms with E-state index in [-0.39, 0.29) is 11.5 Å². The molecule has 1 heterocycles. The molecule has 1 aromatic carbocycles. The second-order valence-corrected chi connectivity index (χ2v) is 6.14. The molecule has 98 valence electrons. The summed E-state index contributed by atoms with van der Waals surface area (Å²) in [4.78, 5) is 11.3. The molecule has 0 aromatic heterocycles. The summed E-state index contributed by atoms with van der Waals surface area (Å²) in [5.74, 6) is 1.37. The van der Waals surface area contributed by atoms with Crippen molar-refractivity contribution in [1.82, 2.24) is 0 Å². The summed E-state index contributed by atoms with van der Waals surface area (Å²) in [5.41, 5.74) is 4.18. The number of hydrogen-bond acceptors (Lipinski definition) is 2. The van der Waals surface area contributed by atoms with Gasteiger partial charge in [-0.05, 0) is 37.0 Å². The van der Waals surface area contributed by atoms with Gasteiger partial charge in [-0.25, -0.2) is 0 Å². The first-order valence-electron chi connectivity index (χ1n) is 6.60. The van der Waals surface area contributed by atoms with Gasteiger partial charge in [0.1, 0.15) is 18.1 Å². The van der Waals surface area contributed by atoms with Crippen LogP contribution >= 0.6 is 0 Å². The van der Waals surface area contributed by atoms with E-state index in [1.807, 2.05) is 13.0 Å². The predicted octanol–water partition coefficient (Wildman–Crippen LogP) is 3.99. The maximum Gasteiger partial charge on any atom is 0.150 e. The lowest BCUT2D eigenvalue weighted by Gasteiger charge is -2.24. The number of carbonyl (C=O) groups is 1. The highest BCUT2D eigenvalue weighted by molar-refractivity contribution is 5.80. The van der Waals surface area contributed by atoms with Crippen molar-refractivity contribution >= 4 is 6.29 Å². The highest BCUT2D eigenvalue weighted by Crippen LogP contribution is 2.48. The van der Waals surface area contributed by atoms with Crippen molar-refractivity contribution in [3.05, 3.63) is 28.3 Å². The highest BCUT2D eigenvalue weighted by atomic mass is 16.5. The van der Waals surface area contributed by atoms with Crippen LogP contribution in [0, 0.1) is 6.92 Å². The molecule has 1 aliphatic heterocycles. The topological polar surface area (TPSA) is 26.3 Å². The molecule has 2 nitrogen and oxygen atoms in total. The van der Waals surface area contributed by atoms with Gasteiger partial charge in [0, 0.05) is 16.5 Å². The smallest absolute Gasteiger partial charge is 0.150 e. The summed E-state index contributed by atoms with van der Waals surface area (Å²) in [6.07, 6.45) is 1.10. The molecule has 0 N–H and O–H groups in total. The Labute approximate surface area is 109 Å². The van der Waals surface area contributed by atoms with Crippen molar-refractivity contribution < 1.29 is 9.53 Å². The second kappa shape index (κ2) is 4.11. The maximum absolute atomic E-state index is 11.3. The van der Waals surface area contributed by atoms with Gasteiger partial charge in [0.15, 0.2) is 0 Å². The minimum Gasteiger partial charge on any atom is -0.489 e. The van der Waals surface area contributed by atoms with Crippen LogP contribution in [0.1, 0.15) is 67.6 Å². The number of aldehydes is 1. The third-order valence-corrected chi connectivity index (χ3v) is 4.31. The first-order chi connectivity index (χ1) is 8.30. The van der Waals surface area contributed by atoms with Gasteiger partial charge >= 0.3 is 0 Å². The first-order valence-corrected chi connectivity index (χ1v) is 6.60. The van der Waals surface area contributed by atoms with Crippen molar-refractivity contribution in [2.45, 2.75) is 59.0 Å². The third-order valence-electron chi connectivity index (χ3n) is 4.31. The fourth-order valence-corrected chi connectivity index (χ4v) is 2.78. The van der Waals surface area contributed by atoms with Crippen LogP contribution in [0.3, 0.4) is 0 Å². The summed E-state index contributed by atoms with van der Waals surface area (Å²) in [6, 6.07) is 1.99. The average molecular weight is 246 g/mol. The van der Waals surface area contributed by atoms with Crippen LogP contribution in [0.25, 0.3) is 0 Å². The van der Waals surface area contributed by atoms with E-state index in [2.05, 4.69) is 34.6 Å². The quantitative estimate of drug-likeness (QED) is 0.737. The van der Waals surface area contributed by atoms with Gasteiger partial charge in [0.2, 0.25) is 0 Å². The Morgan fingerprint density at radius 3 is 2.50 bits per heavy atom. The van der Waals surface area contributed by atoms with Gasteiger partial charge in [-0.2, -0.15) is 0 Å². The summed E-state index contributed by atoms with van der Waals surface area (Å²) in [5, 5.41) is 0. The maximum atomic E-state index is 11.3. The Bertz CT molecular complexity index is 498. The van der Waals surface area contributed by atoms with Crippen molar-refractivity contribution in [1.29, 1.82) is 0 Å². The molecule has 18 heavy (non-hydrogen) atoms. The molecule has 1 aromatic rings. The van der Waals surface area contributed by atoms with Crippen LogP contribution in [0.5, 0.6) is 5.75 Å². The van der Waals surface area contributed by atoms with Gasteiger partial charge < -0.3 is 4.74 Å². The first kappa shape index (κ1) is 13.1. The lowest BCUT2D eigenvalue weighted by molar-refractivity contribution is 0.112. The van der Waals surface area contributed by atoms with Crippen LogP contribution < -0.4 is 4.74 Å². The molecule has 0 saturated heterocycles. The highest BCUT2D eigenvalue weighted by Gasteiger charge is 2.42.